The van der Waals surface area contributed by atoms with E-state index in [0.717, 1.165) is 32.7 Å². The molecule has 0 saturated heterocycles. The molecule has 0 aliphatic heterocycles. The minimum absolute atomic E-state index is 0.117. The molecule has 0 radical (unpaired) electrons. The highest BCUT2D eigenvalue weighted by molar-refractivity contribution is 6.16. The van der Waals surface area contributed by atoms with E-state index < -0.39 is 0 Å². The van der Waals surface area contributed by atoms with E-state index in [1.807, 2.05) is 48.5 Å². The molecule has 2 aromatic heterocycles. The fourth-order valence-corrected chi connectivity index (χ4v) is 3.46. The molecule has 2 nitrogen and oxygen atoms in total. The van der Waals surface area contributed by atoms with Gasteiger partial charge < -0.3 is 4.40 Å². The number of benzene rings is 3. The zero-order valence-electron chi connectivity index (χ0n) is 11.2. The lowest BCUT2D eigenvalue weighted by molar-refractivity contribution is 1.34. The summed E-state index contributed by atoms with van der Waals surface area (Å²) in [5, 5.41) is 3.91. The summed E-state index contributed by atoms with van der Waals surface area (Å²) in [5.74, 6) is 0. The van der Waals surface area contributed by atoms with E-state index in [4.69, 9.17) is 0 Å². The number of fused-ring (bicyclic) bond motifs is 5. The minimum atomic E-state index is 0.117. The van der Waals surface area contributed by atoms with Crippen LogP contribution in [-0.2, 0) is 0 Å². The highest BCUT2D eigenvalue weighted by Gasteiger charge is 2.15. The SMILES string of the molecule is O=c1c2ccccc2n2c3ccccc3c3cccc1c32. The minimum Gasteiger partial charge on any atom is -0.308 e. The van der Waals surface area contributed by atoms with Crippen LogP contribution in [0, 0.1) is 0 Å². The largest absolute Gasteiger partial charge is 0.308 e. The van der Waals surface area contributed by atoms with Crippen molar-refractivity contribution in [3.05, 3.63) is 77.0 Å². The van der Waals surface area contributed by atoms with Crippen LogP contribution in [0.4, 0.5) is 0 Å². The monoisotopic (exact) mass is 269 g/mol. The van der Waals surface area contributed by atoms with E-state index in [1.54, 1.807) is 0 Å². The summed E-state index contributed by atoms with van der Waals surface area (Å²) >= 11 is 0. The second-order valence-electron chi connectivity index (χ2n) is 5.40. The third-order valence-corrected chi connectivity index (χ3v) is 4.33. The Balaban J connectivity index is 2.35. The average Bonchev–Trinajstić information content (AvgIpc) is 2.88. The van der Waals surface area contributed by atoms with Crippen LogP contribution in [0.5, 0.6) is 0 Å². The number of rotatable bonds is 0. The molecule has 21 heavy (non-hydrogen) atoms. The Hall–Kier alpha value is -2.87. The lowest BCUT2D eigenvalue weighted by atomic mass is 10.1. The zero-order valence-corrected chi connectivity index (χ0v) is 11.2. The van der Waals surface area contributed by atoms with Crippen molar-refractivity contribution in [3.8, 4) is 0 Å². The van der Waals surface area contributed by atoms with Gasteiger partial charge in [0.1, 0.15) is 0 Å². The molecule has 98 valence electrons. The number of para-hydroxylation sites is 3. The van der Waals surface area contributed by atoms with E-state index in [2.05, 4.69) is 22.6 Å². The first-order valence-corrected chi connectivity index (χ1v) is 7.02. The molecule has 3 aromatic carbocycles. The Labute approximate surface area is 120 Å². The summed E-state index contributed by atoms with van der Waals surface area (Å²) in [5.41, 5.74) is 3.28. The summed E-state index contributed by atoms with van der Waals surface area (Å²) in [6, 6.07) is 22.2. The van der Waals surface area contributed by atoms with E-state index >= 15 is 0 Å². The molecule has 0 unspecified atom stereocenters. The Morgan fingerprint density at radius 2 is 1.14 bits per heavy atom. The fourth-order valence-electron chi connectivity index (χ4n) is 3.46. The van der Waals surface area contributed by atoms with Crippen LogP contribution in [0.15, 0.2) is 71.5 Å². The second-order valence-corrected chi connectivity index (χ2v) is 5.40. The Morgan fingerprint density at radius 1 is 0.571 bits per heavy atom. The Morgan fingerprint density at radius 3 is 1.95 bits per heavy atom. The number of pyridine rings is 1. The summed E-state index contributed by atoms with van der Waals surface area (Å²) < 4.78 is 2.22. The molecule has 0 spiro atoms. The van der Waals surface area contributed by atoms with Crippen LogP contribution < -0.4 is 5.43 Å². The molecule has 2 heteroatoms. The average molecular weight is 269 g/mol. The third kappa shape index (κ3) is 1.20. The van der Waals surface area contributed by atoms with Crippen molar-refractivity contribution in [1.82, 2.24) is 4.40 Å². The zero-order chi connectivity index (χ0) is 14.0. The van der Waals surface area contributed by atoms with Crippen molar-refractivity contribution in [2.75, 3.05) is 0 Å². The molecule has 0 amide bonds. The van der Waals surface area contributed by atoms with Crippen LogP contribution in [0.3, 0.4) is 0 Å². The van der Waals surface area contributed by atoms with E-state index in [9.17, 15) is 4.79 Å². The lowest BCUT2D eigenvalue weighted by Gasteiger charge is -2.06. The predicted molar refractivity (Wildman–Crippen MR) is 87.4 cm³/mol. The molecular formula is C19H11NO. The maximum atomic E-state index is 12.8. The van der Waals surface area contributed by atoms with Crippen molar-refractivity contribution in [2.45, 2.75) is 0 Å². The summed E-state index contributed by atoms with van der Waals surface area (Å²) in [6.07, 6.45) is 0. The summed E-state index contributed by atoms with van der Waals surface area (Å²) in [7, 11) is 0. The smallest absolute Gasteiger partial charge is 0.197 e. The highest BCUT2D eigenvalue weighted by atomic mass is 16.1. The van der Waals surface area contributed by atoms with Crippen LogP contribution >= 0.6 is 0 Å². The van der Waals surface area contributed by atoms with Gasteiger partial charge in [0.15, 0.2) is 5.43 Å². The molecule has 0 saturated carbocycles. The number of aromatic nitrogens is 1. The Bertz CT molecular complexity index is 1200. The quantitative estimate of drug-likeness (QED) is 0.386. The molecule has 5 rings (SSSR count). The van der Waals surface area contributed by atoms with Gasteiger partial charge in [-0.1, -0.05) is 42.5 Å². The maximum absolute atomic E-state index is 12.8. The first-order valence-electron chi connectivity index (χ1n) is 7.02. The molecule has 0 bridgehead atoms. The van der Waals surface area contributed by atoms with Crippen molar-refractivity contribution in [1.29, 1.82) is 0 Å². The molecular weight excluding hydrogens is 258 g/mol. The van der Waals surface area contributed by atoms with Gasteiger partial charge in [0, 0.05) is 21.5 Å². The number of nitrogens with zero attached hydrogens (tertiary/aromatic N) is 1. The first-order chi connectivity index (χ1) is 10.4. The van der Waals surface area contributed by atoms with Gasteiger partial charge in [0.2, 0.25) is 0 Å². The molecule has 0 aliphatic rings. The van der Waals surface area contributed by atoms with Gasteiger partial charge in [-0.3, -0.25) is 4.79 Å². The van der Waals surface area contributed by atoms with E-state index in [1.165, 1.54) is 5.39 Å². The van der Waals surface area contributed by atoms with Crippen molar-refractivity contribution < 1.29 is 0 Å². The molecule has 2 heterocycles. The van der Waals surface area contributed by atoms with Gasteiger partial charge >= 0.3 is 0 Å². The van der Waals surface area contributed by atoms with Gasteiger partial charge in [0.05, 0.1) is 16.6 Å². The standard InChI is InChI=1S/C19H11NO/c21-19-14-7-2-4-11-17(14)20-16-10-3-1-6-12(16)13-8-5-9-15(19)18(13)20/h1-11H. The van der Waals surface area contributed by atoms with Gasteiger partial charge in [-0.05, 0) is 24.3 Å². The molecule has 0 fully saturated rings. The van der Waals surface area contributed by atoms with Gasteiger partial charge in [-0.25, -0.2) is 0 Å². The number of hydrogen-bond donors (Lipinski definition) is 0. The van der Waals surface area contributed by atoms with Crippen LogP contribution in [0.1, 0.15) is 0 Å². The summed E-state index contributed by atoms with van der Waals surface area (Å²) in [4.78, 5) is 12.8. The lowest BCUT2D eigenvalue weighted by Crippen LogP contribution is -2.05. The van der Waals surface area contributed by atoms with E-state index in [-0.39, 0.29) is 5.43 Å². The van der Waals surface area contributed by atoms with Crippen LogP contribution in [0.25, 0.3) is 38.1 Å². The van der Waals surface area contributed by atoms with Crippen molar-refractivity contribution in [3.63, 3.8) is 0 Å². The van der Waals surface area contributed by atoms with E-state index in [0.29, 0.717) is 0 Å². The molecule has 0 N–H and O–H groups in total. The van der Waals surface area contributed by atoms with Crippen molar-refractivity contribution >= 4 is 38.1 Å². The molecule has 5 aromatic rings. The van der Waals surface area contributed by atoms with Crippen LogP contribution in [-0.4, -0.2) is 4.40 Å². The normalized spacial score (nSPS) is 12.0. The third-order valence-electron chi connectivity index (χ3n) is 4.33. The van der Waals surface area contributed by atoms with Crippen LogP contribution in [0.2, 0.25) is 0 Å². The number of hydrogen-bond acceptors (Lipinski definition) is 1. The molecule has 0 aliphatic carbocycles. The maximum Gasteiger partial charge on any atom is 0.197 e. The molecule has 0 atom stereocenters. The van der Waals surface area contributed by atoms with Gasteiger partial charge in [-0.2, -0.15) is 0 Å². The fraction of sp³-hybridized carbons (Fsp3) is 0. The topological polar surface area (TPSA) is 21.5 Å². The first kappa shape index (κ1) is 10.9. The van der Waals surface area contributed by atoms with Crippen molar-refractivity contribution in [2.24, 2.45) is 0 Å². The van der Waals surface area contributed by atoms with Gasteiger partial charge in [0.25, 0.3) is 0 Å². The second kappa shape index (κ2) is 3.61. The van der Waals surface area contributed by atoms with Gasteiger partial charge in [-0.15, -0.1) is 0 Å². The Kier molecular flexibility index (Phi) is 1.87. The summed E-state index contributed by atoms with van der Waals surface area (Å²) in [6.45, 7) is 0. The highest BCUT2D eigenvalue weighted by Crippen LogP contribution is 2.32. The predicted octanol–water partition coefficient (Wildman–Crippen LogP) is 4.20.